The number of para-hydroxylation sites is 1. The molecule has 106 valence electrons. The van der Waals surface area contributed by atoms with Gasteiger partial charge in [0.25, 0.3) is 0 Å². The normalized spacial score (nSPS) is 12.2. The Morgan fingerprint density at radius 1 is 1.25 bits per heavy atom. The molecule has 3 nitrogen and oxygen atoms in total. The van der Waals surface area contributed by atoms with E-state index in [1.807, 2.05) is 31.2 Å². The van der Waals surface area contributed by atoms with Crippen molar-refractivity contribution < 1.29 is 14.2 Å². The lowest BCUT2D eigenvalue weighted by Gasteiger charge is -2.16. The molecular formula is C16H18FNO2. The summed E-state index contributed by atoms with van der Waals surface area (Å²) in [7, 11) is 1.63. The third-order valence-electron chi connectivity index (χ3n) is 3.24. The Balaban J connectivity index is 2.06. The lowest BCUT2D eigenvalue weighted by molar-refractivity contribution is 0.405. The topological polar surface area (TPSA) is 41.5 Å². The fourth-order valence-electron chi connectivity index (χ4n) is 2.09. The van der Waals surface area contributed by atoms with Gasteiger partial charge in [-0.3, -0.25) is 0 Å². The van der Waals surface area contributed by atoms with Crippen LogP contribution in [0.15, 0.2) is 42.5 Å². The summed E-state index contributed by atoms with van der Waals surface area (Å²) in [6, 6.07) is 11.7. The summed E-state index contributed by atoms with van der Waals surface area (Å²) in [6.45, 7) is 2.45. The van der Waals surface area contributed by atoms with Crippen molar-refractivity contribution in [2.45, 2.75) is 19.5 Å². The second-order valence-electron chi connectivity index (χ2n) is 4.62. The zero-order valence-electron chi connectivity index (χ0n) is 11.6. The van der Waals surface area contributed by atoms with Gasteiger partial charge < -0.3 is 15.2 Å². The van der Waals surface area contributed by atoms with E-state index in [0.29, 0.717) is 12.1 Å². The van der Waals surface area contributed by atoms with E-state index >= 15 is 0 Å². The fourth-order valence-corrected chi connectivity index (χ4v) is 2.09. The zero-order valence-corrected chi connectivity index (χ0v) is 11.6. The molecule has 1 atom stereocenters. The highest BCUT2D eigenvalue weighted by Crippen LogP contribution is 2.22. The maximum atomic E-state index is 13.7. The van der Waals surface area contributed by atoms with Gasteiger partial charge >= 0.3 is 0 Å². The smallest absolute Gasteiger partial charge is 0.131 e. The van der Waals surface area contributed by atoms with Crippen molar-refractivity contribution in [1.82, 2.24) is 5.32 Å². The van der Waals surface area contributed by atoms with Gasteiger partial charge in [0.15, 0.2) is 0 Å². The monoisotopic (exact) mass is 275 g/mol. The second kappa shape index (κ2) is 6.39. The molecule has 0 aliphatic carbocycles. The van der Waals surface area contributed by atoms with Crippen molar-refractivity contribution >= 4 is 0 Å². The summed E-state index contributed by atoms with van der Waals surface area (Å²) < 4.78 is 19.0. The van der Waals surface area contributed by atoms with Crippen molar-refractivity contribution in [3.63, 3.8) is 0 Å². The summed E-state index contributed by atoms with van der Waals surface area (Å²) in [6.07, 6.45) is 0. The molecule has 2 aromatic carbocycles. The van der Waals surface area contributed by atoms with Crippen LogP contribution in [0.3, 0.4) is 0 Å². The number of rotatable bonds is 5. The number of methoxy groups -OCH3 is 1. The van der Waals surface area contributed by atoms with Crippen LogP contribution in [0.2, 0.25) is 0 Å². The Kier molecular flexibility index (Phi) is 4.58. The molecule has 0 saturated carbocycles. The molecular weight excluding hydrogens is 257 g/mol. The number of phenolic OH excluding ortho intramolecular Hbond substituents is 1. The van der Waals surface area contributed by atoms with E-state index in [1.165, 1.54) is 6.07 Å². The first-order valence-corrected chi connectivity index (χ1v) is 6.45. The van der Waals surface area contributed by atoms with Gasteiger partial charge in [0.1, 0.15) is 17.3 Å². The number of benzene rings is 2. The number of phenols is 1. The van der Waals surface area contributed by atoms with Gasteiger partial charge in [-0.25, -0.2) is 4.39 Å². The molecule has 0 aliphatic heterocycles. The molecule has 0 spiro atoms. The highest BCUT2D eigenvalue weighted by molar-refractivity contribution is 5.34. The Labute approximate surface area is 118 Å². The number of nitrogens with one attached hydrogen (secondary N) is 1. The quantitative estimate of drug-likeness (QED) is 0.879. The number of halogens is 1. The molecule has 2 rings (SSSR count). The predicted octanol–water partition coefficient (Wildman–Crippen LogP) is 3.39. The summed E-state index contributed by atoms with van der Waals surface area (Å²) in [5.41, 5.74) is 1.54. The van der Waals surface area contributed by atoms with Gasteiger partial charge in [0.05, 0.1) is 7.11 Å². The average Bonchev–Trinajstić information content (AvgIpc) is 2.45. The van der Waals surface area contributed by atoms with Crippen molar-refractivity contribution in [3.8, 4) is 11.5 Å². The van der Waals surface area contributed by atoms with Crippen LogP contribution in [0.25, 0.3) is 0 Å². The number of hydrogen-bond acceptors (Lipinski definition) is 3. The Bertz CT molecular complexity index is 586. The van der Waals surface area contributed by atoms with E-state index in [-0.39, 0.29) is 11.8 Å². The van der Waals surface area contributed by atoms with Crippen molar-refractivity contribution in [2.75, 3.05) is 7.11 Å². The molecule has 20 heavy (non-hydrogen) atoms. The van der Waals surface area contributed by atoms with E-state index in [4.69, 9.17) is 4.74 Å². The van der Waals surface area contributed by atoms with Crippen LogP contribution in [-0.4, -0.2) is 12.2 Å². The van der Waals surface area contributed by atoms with E-state index < -0.39 is 5.82 Å². The molecule has 1 unspecified atom stereocenters. The van der Waals surface area contributed by atoms with Gasteiger partial charge in [-0.2, -0.15) is 0 Å². The molecule has 0 heterocycles. The van der Waals surface area contributed by atoms with Crippen LogP contribution in [0.4, 0.5) is 4.39 Å². The highest BCUT2D eigenvalue weighted by atomic mass is 19.1. The van der Waals surface area contributed by atoms with Crippen molar-refractivity contribution in [2.24, 2.45) is 0 Å². The van der Waals surface area contributed by atoms with E-state index in [2.05, 4.69) is 5.32 Å². The molecule has 0 aromatic heterocycles. The maximum absolute atomic E-state index is 13.7. The molecule has 2 aromatic rings. The molecule has 0 radical (unpaired) electrons. The molecule has 0 saturated heterocycles. The lowest BCUT2D eigenvalue weighted by Crippen LogP contribution is -2.19. The molecule has 2 N–H and O–H groups in total. The van der Waals surface area contributed by atoms with Crippen LogP contribution < -0.4 is 10.1 Å². The van der Waals surface area contributed by atoms with E-state index in [9.17, 15) is 9.50 Å². The van der Waals surface area contributed by atoms with Crippen LogP contribution >= 0.6 is 0 Å². The molecule has 0 fully saturated rings. The van der Waals surface area contributed by atoms with Crippen molar-refractivity contribution in [3.05, 3.63) is 59.4 Å². The third-order valence-corrected chi connectivity index (χ3v) is 3.24. The standard InChI is InChI=1S/C16H18FNO2/c1-11(14-8-7-13(19)9-15(14)17)18-10-12-5-3-4-6-16(12)20-2/h3-9,11,18-19H,10H2,1-2H3. The minimum absolute atomic E-state index is 0.0665. The Morgan fingerprint density at radius 3 is 2.70 bits per heavy atom. The van der Waals surface area contributed by atoms with Crippen LogP contribution in [0.1, 0.15) is 24.1 Å². The van der Waals surface area contributed by atoms with Gasteiger partial charge in [-0.15, -0.1) is 0 Å². The minimum atomic E-state index is -0.412. The number of ether oxygens (including phenoxy) is 1. The van der Waals surface area contributed by atoms with Gasteiger partial charge in [-0.05, 0) is 19.1 Å². The van der Waals surface area contributed by atoms with E-state index in [1.54, 1.807) is 13.2 Å². The zero-order chi connectivity index (χ0) is 14.5. The first-order chi connectivity index (χ1) is 9.61. The first-order valence-electron chi connectivity index (χ1n) is 6.45. The summed E-state index contributed by atoms with van der Waals surface area (Å²) in [4.78, 5) is 0. The van der Waals surface area contributed by atoms with Gasteiger partial charge in [0, 0.05) is 29.8 Å². The van der Waals surface area contributed by atoms with Crippen LogP contribution in [-0.2, 0) is 6.54 Å². The molecule has 0 bridgehead atoms. The van der Waals surface area contributed by atoms with Gasteiger partial charge in [0.2, 0.25) is 0 Å². The molecule has 0 aliphatic rings. The number of hydrogen-bond donors (Lipinski definition) is 2. The first kappa shape index (κ1) is 14.3. The summed E-state index contributed by atoms with van der Waals surface area (Å²) >= 11 is 0. The SMILES string of the molecule is COc1ccccc1CNC(C)c1ccc(O)cc1F. The lowest BCUT2D eigenvalue weighted by atomic mass is 10.1. The highest BCUT2D eigenvalue weighted by Gasteiger charge is 2.12. The summed E-state index contributed by atoms with van der Waals surface area (Å²) in [5, 5.41) is 12.5. The summed E-state index contributed by atoms with van der Waals surface area (Å²) in [5.74, 6) is 0.326. The molecule has 4 heteroatoms. The van der Waals surface area contributed by atoms with E-state index in [0.717, 1.165) is 17.4 Å². The maximum Gasteiger partial charge on any atom is 0.131 e. The van der Waals surface area contributed by atoms with Crippen molar-refractivity contribution in [1.29, 1.82) is 0 Å². The van der Waals surface area contributed by atoms with Crippen LogP contribution in [0, 0.1) is 5.82 Å². The predicted molar refractivity (Wildman–Crippen MR) is 76.3 cm³/mol. The van der Waals surface area contributed by atoms with Gasteiger partial charge in [-0.1, -0.05) is 24.3 Å². The fraction of sp³-hybridized carbons (Fsp3) is 0.250. The minimum Gasteiger partial charge on any atom is -0.508 e. The largest absolute Gasteiger partial charge is 0.508 e. The molecule has 0 amide bonds. The average molecular weight is 275 g/mol. The van der Waals surface area contributed by atoms with Crippen LogP contribution in [0.5, 0.6) is 11.5 Å². The number of aromatic hydroxyl groups is 1. The Hall–Kier alpha value is -2.07. The third kappa shape index (κ3) is 3.27. The Morgan fingerprint density at radius 2 is 2.00 bits per heavy atom. The second-order valence-corrected chi connectivity index (χ2v) is 4.62.